The standard InChI is InChI=1S/C23H24FN5O/c1-2-5-19(25)21-8-4-7-20(28-21)15-10-16(12-24)18-13-26-29(22(18)11-15)23-9-3-6-17(14-30)27-23/h3-4,6-11,13,19,30H,2,5,12,14,25H2,1H3/t19-/m0/s1. The van der Waals surface area contributed by atoms with Gasteiger partial charge in [0.05, 0.1) is 35.4 Å². The van der Waals surface area contributed by atoms with E-state index in [0.29, 0.717) is 17.1 Å². The molecule has 0 saturated heterocycles. The number of benzene rings is 1. The summed E-state index contributed by atoms with van der Waals surface area (Å²) in [4.78, 5) is 9.16. The fourth-order valence-electron chi connectivity index (χ4n) is 3.59. The number of pyridine rings is 2. The van der Waals surface area contributed by atoms with Gasteiger partial charge in [0.25, 0.3) is 0 Å². The van der Waals surface area contributed by atoms with Gasteiger partial charge in [-0.3, -0.25) is 4.98 Å². The molecule has 0 fully saturated rings. The molecule has 3 heterocycles. The van der Waals surface area contributed by atoms with E-state index in [4.69, 9.17) is 10.7 Å². The van der Waals surface area contributed by atoms with Crippen molar-refractivity contribution in [3.05, 3.63) is 71.7 Å². The molecule has 1 aromatic carbocycles. The van der Waals surface area contributed by atoms with Gasteiger partial charge in [-0.1, -0.05) is 25.5 Å². The molecule has 0 saturated carbocycles. The zero-order chi connectivity index (χ0) is 21.1. The van der Waals surface area contributed by atoms with Gasteiger partial charge in [-0.2, -0.15) is 5.10 Å². The van der Waals surface area contributed by atoms with Gasteiger partial charge in [0, 0.05) is 17.0 Å². The van der Waals surface area contributed by atoms with Crippen molar-refractivity contribution < 1.29 is 9.50 Å². The molecule has 0 amide bonds. The fraction of sp³-hybridized carbons (Fsp3) is 0.261. The summed E-state index contributed by atoms with van der Waals surface area (Å²) >= 11 is 0. The van der Waals surface area contributed by atoms with Crippen LogP contribution in [0.5, 0.6) is 0 Å². The number of fused-ring (bicyclic) bond motifs is 1. The third-order valence-corrected chi connectivity index (χ3v) is 5.14. The fourth-order valence-corrected chi connectivity index (χ4v) is 3.59. The van der Waals surface area contributed by atoms with Crippen molar-refractivity contribution in [2.45, 2.75) is 39.1 Å². The number of aliphatic hydroxyl groups is 1. The van der Waals surface area contributed by atoms with Crippen LogP contribution in [0.4, 0.5) is 4.39 Å². The maximum atomic E-state index is 13.9. The summed E-state index contributed by atoms with van der Waals surface area (Å²) in [5, 5.41) is 14.5. The molecule has 0 aliphatic carbocycles. The van der Waals surface area contributed by atoms with Crippen LogP contribution in [0, 0.1) is 0 Å². The monoisotopic (exact) mass is 405 g/mol. The topological polar surface area (TPSA) is 89.8 Å². The lowest BCUT2D eigenvalue weighted by Crippen LogP contribution is -2.11. The molecule has 0 aliphatic heterocycles. The molecule has 3 N–H and O–H groups in total. The summed E-state index contributed by atoms with van der Waals surface area (Å²) in [6, 6.07) is 14.7. The van der Waals surface area contributed by atoms with Crippen molar-refractivity contribution in [3.8, 4) is 17.1 Å². The lowest BCUT2D eigenvalue weighted by atomic mass is 10.0. The molecule has 154 valence electrons. The van der Waals surface area contributed by atoms with Crippen LogP contribution in [-0.4, -0.2) is 24.9 Å². The Bertz CT molecular complexity index is 1170. The number of hydrogen-bond donors (Lipinski definition) is 2. The van der Waals surface area contributed by atoms with E-state index in [1.54, 1.807) is 23.0 Å². The highest BCUT2D eigenvalue weighted by Gasteiger charge is 2.15. The van der Waals surface area contributed by atoms with E-state index in [1.807, 2.05) is 36.4 Å². The highest BCUT2D eigenvalue weighted by atomic mass is 19.1. The summed E-state index contributed by atoms with van der Waals surface area (Å²) in [6.07, 6.45) is 3.47. The first kappa shape index (κ1) is 20.1. The molecule has 0 radical (unpaired) electrons. The second-order valence-electron chi connectivity index (χ2n) is 7.25. The molecule has 0 spiro atoms. The quantitative estimate of drug-likeness (QED) is 0.480. The molecule has 3 aromatic heterocycles. The average molecular weight is 405 g/mol. The van der Waals surface area contributed by atoms with Crippen molar-refractivity contribution in [3.63, 3.8) is 0 Å². The molecule has 6 nitrogen and oxygen atoms in total. The predicted molar refractivity (Wildman–Crippen MR) is 115 cm³/mol. The van der Waals surface area contributed by atoms with Crippen molar-refractivity contribution in [2.75, 3.05) is 0 Å². The maximum absolute atomic E-state index is 13.9. The van der Waals surface area contributed by atoms with Crippen molar-refractivity contribution in [2.24, 2.45) is 5.73 Å². The van der Waals surface area contributed by atoms with Crippen LogP contribution in [0.2, 0.25) is 0 Å². The number of alkyl halides is 1. The summed E-state index contributed by atoms with van der Waals surface area (Å²) in [5.74, 6) is 0.560. The van der Waals surface area contributed by atoms with Gasteiger partial charge >= 0.3 is 0 Å². The number of nitrogens with two attached hydrogens (primary N) is 1. The van der Waals surface area contributed by atoms with Gasteiger partial charge in [-0.05, 0) is 48.4 Å². The SMILES string of the molecule is CCC[C@H](N)c1cccc(-c2cc(CF)c3cnn(-c4cccc(CO)n4)c3c2)n1. The molecular formula is C23H24FN5O. The number of rotatable bonds is 7. The Morgan fingerprint density at radius 1 is 1.13 bits per heavy atom. The van der Waals surface area contributed by atoms with Crippen LogP contribution in [0.25, 0.3) is 28.0 Å². The molecule has 4 rings (SSSR count). The first-order chi connectivity index (χ1) is 14.6. The van der Waals surface area contributed by atoms with Gasteiger partial charge in [0.15, 0.2) is 5.82 Å². The molecule has 4 aromatic rings. The van der Waals surface area contributed by atoms with Crippen LogP contribution in [0.15, 0.2) is 54.7 Å². The van der Waals surface area contributed by atoms with Crippen LogP contribution >= 0.6 is 0 Å². The number of aromatic nitrogens is 4. The largest absolute Gasteiger partial charge is 0.390 e. The first-order valence-corrected chi connectivity index (χ1v) is 10.0. The number of nitrogens with zero attached hydrogens (tertiary/aromatic N) is 4. The van der Waals surface area contributed by atoms with E-state index >= 15 is 0 Å². The van der Waals surface area contributed by atoms with Gasteiger partial charge in [0.2, 0.25) is 0 Å². The Hall–Kier alpha value is -3.16. The molecular weight excluding hydrogens is 381 g/mol. The summed E-state index contributed by atoms with van der Waals surface area (Å²) in [5.41, 5.74) is 10.4. The lowest BCUT2D eigenvalue weighted by Gasteiger charge is -2.12. The lowest BCUT2D eigenvalue weighted by molar-refractivity contribution is 0.276. The minimum absolute atomic E-state index is 0.129. The molecule has 7 heteroatoms. The Morgan fingerprint density at radius 3 is 2.73 bits per heavy atom. The molecule has 1 atom stereocenters. The van der Waals surface area contributed by atoms with Gasteiger partial charge < -0.3 is 10.8 Å². The molecule has 30 heavy (non-hydrogen) atoms. The third kappa shape index (κ3) is 3.81. The van der Waals surface area contributed by atoms with E-state index < -0.39 is 6.67 Å². The Kier molecular flexibility index (Phi) is 5.83. The van der Waals surface area contributed by atoms with E-state index in [1.165, 1.54) is 0 Å². The summed E-state index contributed by atoms with van der Waals surface area (Å²) < 4.78 is 15.5. The minimum atomic E-state index is -0.616. The maximum Gasteiger partial charge on any atom is 0.154 e. The smallest absolute Gasteiger partial charge is 0.154 e. The van der Waals surface area contributed by atoms with Crippen LogP contribution in [-0.2, 0) is 13.3 Å². The van der Waals surface area contributed by atoms with E-state index in [-0.39, 0.29) is 12.6 Å². The Morgan fingerprint density at radius 2 is 1.97 bits per heavy atom. The van der Waals surface area contributed by atoms with Crippen molar-refractivity contribution in [1.29, 1.82) is 0 Å². The van der Waals surface area contributed by atoms with E-state index in [9.17, 15) is 9.50 Å². The second kappa shape index (κ2) is 8.69. The third-order valence-electron chi connectivity index (χ3n) is 5.14. The van der Waals surface area contributed by atoms with E-state index in [0.717, 1.165) is 40.7 Å². The number of halogens is 1. The van der Waals surface area contributed by atoms with Gasteiger partial charge in [-0.15, -0.1) is 0 Å². The summed E-state index contributed by atoms with van der Waals surface area (Å²) in [7, 11) is 0. The van der Waals surface area contributed by atoms with Gasteiger partial charge in [0.1, 0.15) is 6.67 Å². The minimum Gasteiger partial charge on any atom is -0.390 e. The average Bonchev–Trinajstić information content (AvgIpc) is 3.23. The highest BCUT2D eigenvalue weighted by molar-refractivity contribution is 5.88. The van der Waals surface area contributed by atoms with Crippen LogP contribution in [0.1, 0.15) is 42.8 Å². The Labute approximate surface area is 174 Å². The number of hydrogen-bond acceptors (Lipinski definition) is 5. The van der Waals surface area contributed by atoms with Crippen molar-refractivity contribution >= 4 is 10.9 Å². The van der Waals surface area contributed by atoms with Gasteiger partial charge in [-0.25, -0.2) is 14.1 Å². The Balaban J connectivity index is 1.85. The number of aliphatic hydroxyl groups excluding tert-OH is 1. The molecule has 0 aliphatic rings. The zero-order valence-corrected chi connectivity index (χ0v) is 16.8. The van der Waals surface area contributed by atoms with Crippen LogP contribution < -0.4 is 5.73 Å². The normalized spacial score (nSPS) is 12.4. The predicted octanol–water partition coefficient (Wildman–Crippen LogP) is 4.24. The highest BCUT2D eigenvalue weighted by Crippen LogP contribution is 2.29. The first-order valence-electron chi connectivity index (χ1n) is 10.0. The van der Waals surface area contributed by atoms with Crippen LogP contribution in [0.3, 0.4) is 0 Å². The zero-order valence-electron chi connectivity index (χ0n) is 16.8. The van der Waals surface area contributed by atoms with E-state index in [2.05, 4.69) is 17.0 Å². The molecule has 0 bridgehead atoms. The second-order valence-corrected chi connectivity index (χ2v) is 7.25. The summed E-state index contributed by atoms with van der Waals surface area (Å²) in [6.45, 7) is 1.31. The van der Waals surface area contributed by atoms with Crippen molar-refractivity contribution in [1.82, 2.24) is 19.7 Å². The molecule has 0 unspecified atom stereocenters.